The number of carbonyl (C=O) groups excluding carboxylic acids is 2. The molecule has 11 nitrogen and oxygen atoms in total. The van der Waals surface area contributed by atoms with E-state index in [0.717, 1.165) is 26.4 Å². The second kappa shape index (κ2) is 10.4. The van der Waals surface area contributed by atoms with Crippen LogP contribution in [0.2, 0.25) is 0 Å². The average Bonchev–Trinajstić information content (AvgIpc) is 2.71. The van der Waals surface area contributed by atoms with Crippen LogP contribution in [0, 0.1) is 15.5 Å². The second-order valence-corrected chi connectivity index (χ2v) is 7.07. The second-order valence-electron chi connectivity index (χ2n) is 7.07. The van der Waals surface area contributed by atoms with Crippen molar-refractivity contribution in [2.45, 2.75) is 51.4 Å². The summed E-state index contributed by atoms with van der Waals surface area (Å²) in [5, 5.41) is 21.4. The molecule has 2 N–H and O–H groups in total. The molecule has 0 aliphatic heterocycles. The fraction of sp³-hybridized carbons (Fsp3) is 0.526. The Morgan fingerprint density at radius 3 is 2.50 bits per heavy atom. The van der Waals surface area contributed by atoms with Gasteiger partial charge in [-0.25, -0.2) is 9.59 Å². The van der Waals surface area contributed by atoms with Gasteiger partial charge in [0.2, 0.25) is 0 Å². The maximum absolute atomic E-state index is 12.9. The van der Waals surface area contributed by atoms with Gasteiger partial charge in [-0.3, -0.25) is 10.1 Å². The summed E-state index contributed by atoms with van der Waals surface area (Å²) in [5.74, 6) is -1.95. The topological polar surface area (TPSA) is 154 Å². The number of hydrogen-bond acceptors (Lipinski definition) is 8. The monoisotopic (exact) mass is 424 g/mol. The van der Waals surface area contributed by atoms with E-state index in [1.54, 1.807) is 12.1 Å². The third kappa shape index (κ3) is 6.06. The number of ether oxygens (including phenoxy) is 2. The number of hydrogen-bond donors (Lipinski definition) is 2. The van der Waals surface area contributed by atoms with Crippen molar-refractivity contribution in [1.29, 1.82) is 0 Å². The number of aliphatic carboxylic acids is 1. The molecule has 1 amide bonds. The molecule has 1 aliphatic carbocycles. The molecule has 0 heterocycles. The van der Waals surface area contributed by atoms with E-state index in [1.807, 2.05) is 0 Å². The van der Waals surface area contributed by atoms with Crippen LogP contribution in [0.1, 0.15) is 54.4 Å². The molecule has 0 aromatic heterocycles. The molecule has 1 fully saturated rings. The van der Waals surface area contributed by atoms with Crippen LogP contribution in [0.3, 0.4) is 0 Å². The fourth-order valence-corrected chi connectivity index (χ4v) is 3.70. The maximum atomic E-state index is 12.9. The van der Waals surface area contributed by atoms with Gasteiger partial charge in [-0.1, -0.05) is 37.5 Å². The van der Waals surface area contributed by atoms with E-state index >= 15 is 0 Å². The molecule has 2 rings (SSSR count). The first kappa shape index (κ1) is 22.9. The van der Waals surface area contributed by atoms with Crippen LogP contribution in [0.5, 0.6) is 0 Å². The van der Waals surface area contributed by atoms with E-state index in [1.165, 1.54) is 12.1 Å². The van der Waals surface area contributed by atoms with Gasteiger partial charge in [0.05, 0.1) is 19.1 Å². The highest BCUT2D eigenvalue weighted by atomic mass is 16.9. The molecule has 0 spiro atoms. The Labute approximate surface area is 172 Å². The fourth-order valence-electron chi connectivity index (χ4n) is 3.70. The zero-order chi connectivity index (χ0) is 22.1. The first-order valence-electron chi connectivity index (χ1n) is 9.40. The number of methoxy groups -OCH3 is 1. The van der Waals surface area contributed by atoms with Crippen molar-refractivity contribution in [3.63, 3.8) is 0 Å². The summed E-state index contributed by atoms with van der Waals surface area (Å²) >= 11 is 0. The first-order valence-corrected chi connectivity index (χ1v) is 9.40. The van der Waals surface area contributed by atoms with Crippen LogP contribution in [0.25, 0.3) is 0 Å². The number of benzene rings is 1. The van der Waals surface area contributed by atoms with Gasteiger partial charge in [0, 0.05) is 5.41 Å². The summed E-state index contributed by atoms with van der Waals surface area (Å²) in [4.78, 5) is 51.1. The molecule has 11 heteroatoms. The van der Waals surface area contributed by atoms with E-state index < -0.39 is 41.4 Å². The number of carboxylic acid groups (broad SMARTS) is 1. The molecule has 1 saturated carbocycles. The smallest absolute Gasteiger partial charge is 0.409 e. The third-order valence-electron chi connectivity index (χ3n) is 5.13. The van der Waals surface area contributed by atoms with Gasteiger partial charge >= 0.3 is 18.0 Å². The minimum atomic E-state index is -1.25. The molecule has 1 unspecified atom stereocenters. The predicted octanol–water partition coefficient (Wildman–Crippen LogP) is 2.66. The standard InChI is InChI=1S/C19H24N2O9/c1-28-18(25)20-17(19(11-15(22)23)9-5-2-6-10-19)30-16(24)14-8-4-3-7-13(14)12-29-21(26)27/h3-4,7-8,17H,2,5-6,9-12H2,1H3,(H,20,25)(H,22,23). The molecule has 30 heavy (non-hydrogen) atoms. The number of nitrogens with zero attached hydrogens (tertiary/aromatic N) is 1. The lowest BCUT2D eigenvalue weighted by molar-refractivity contribution is -0.763. The molecule has 1 aromatic rings. The Morgan fingerprint density at radius 1 is 1.23 bits per heavy atom. The Hall–Kier alpha value is -3.37. The summed E-state index contributed by atoms with van der Waals surface area (Å²) in [7, 11) is 1.14. The molecular formula is C19H24N2O9. The largest absolute Gasteiger partial charge is 0.481 e. The number of rotatable bonds is 9. The van der Waals surface area contributed by atoms with Gasteiger partial charge in [-0.05, 0) is 24.5 Å². The molecule has 1 aromatic carbocycles. The lowest BCUT2D eigenvalue weighted by Crippen LogP contribution is -2.52. The van der Waals surface area contributed by atoms with Crippen LogP contribution >= 0.6 is 0 Å². The summed E-state index contributed by atoms with van der Waals surface area (Å²) in [5.41, 5.74) is -0.774. The van der Waals surface area contributed by atoms with Crippen LogP contribution in [0.15, 0.2) is 24.3 Å². The van der Waals surface area contributed by atoms with Gasteiger partial charge in [0.15, 0.2) is 6.23 Å². The number of alkyl carbamates (subject to hydrolysis) is 1. The van der Waals surface area contributed by atoms with Gasteiger partial charge in [-0.15, -0.1) is 10.1 Å². The highest BCUT2D eigenvalue weighted by molar-refractivity contribution is 5.91. The molecular weight excluding hydrogens is 400 g/mol. The Morgan fingerprint density at radius 2 is 1.90 bits per heavy atom. The Balaban J connectivity index is 2.32. The van der Waals surface area contributed by atoms with Crippen molar-refractivity contribution >= 4 is 18.0 Å². The number of amides is 1. The van der Waals surface area contributed by atoms with Crippen molar-refractivity contribution < 1.29 is 38.9 Å². The lowest BCUT2D eigenvalue weighted by atomic mass is 9.70. The van der Waals surface area contributed by atoms with E-state index in [9.17, 15) is 29.6 Å². The minimum Gasteiger partial charge on any atom is -0.481 e. The molecule has 164 valence electrons. The molecule has 0 radical (unpaired) electrons. The quantitative estimate of drug-likeness (QED) is 0.263. The van der Waals surface area contributed by atoms with Crippen LogP contribution < -0.4 is 5.32 Å². The summed E-state index contributed by atoms with van der Waals surface area (Å²) in [6, 6.07) is 5.99. The maximum Gasteiger partial charge on any atom is 0.409 e. The van der Waals surface area contributed by atoms with Gasteiger partial charge in [0.1, 0.15) is 6.61 Å². The molecule has 0 bridgehead atoms. The minimum absolute atomic E-state index is 0.0114. The first-order chi connectivity index (χ1) is 14.3. The van der Waals surface area contributed by atoms with E-state index in [2.05, 4.69) is 14.9 Å². The number of nitrogens with one attached hydrogen (secondary N) is 1. The summed E-state index contributed by atoms with van der Waals surface area (Å²) in [6.45, 7) is -0.465. The van der Waals surface area contributed by atoms with E-state index in [4.69, 9.17) is 4.74 Å². The van der Waals surface area contributed by atoms with Crippen molar-refractivity contribution in [3.8, 4) is 0 Å². The Bertz CT molecular complexity index is 790. The van der Waals surface area contributed by atoms with Crippen molar-refractivity contribution in [2.75, 3.05) is 7.11 Å². The number of esters is 1. The van der Waals surface area contributed by atoms with Gasteiger partial charge in [0.25, 0.3) is 5.09 Å². The van der Waals surface area contributed by atoms with Crippen LogP contribution in [0.4, 0.5) is 4.79 Å². The summed E-state index contributed by atoms with van der Waals surface area (Å²) in [6.07, 6.45) is 0.796. The average molecular weight is 424 g/mol. The predicted molar refractivity (Wildman–Crippen MR) is 101 cm³/mol. The van der Waals surface area contributed by atoms with Crippen molar-refractivity contribution in [3.05, 3.63) is 45.5 Å². The normalized spacial score (nSPS) is 16.0. The van der Waals surface area contributed by atoms with Gasteiger partial charge in [-0.2, -0.15) is 0 Å². The SMILES string of the molecule is COC(=O)NC(OC(=O)c1ccccc1CO[N+](=O)[O-])C1(CC(=O)O)CCCCC1. The third-order valence-corrected chi connectivity index (χ3v) is 5.13. The van der Waals surface area contributed by atoms with Gasteiger partial charge < -0.3 is 19.4 Å². The molecule has 0 saturated heterocycles. The highest BCUT2D eigenvalue weighted by Gasteiger charge is 2.45. The van der Waals surface area contributed by atoms with Crippen LogP contribution in [-0.2, 0) is 25.7 Å². The lowest BCUT2D eigenvalue weighted by Gasteiger charge is -2.41. The zero-order valence-corrected chi connectivity index (χ0v) is 16.5. The molecule has 1 aliphatic rings. The van der Waals surface area contributed by atoms with Crippen molar-refractivity contribution in [1.82, 2.24) is 5.32 Å². The Kier molecular flexibility index (Phi) is 7.96. The highest BCUT2D eigenvalue weighted by Crippen LogP contribution is 2.43. The van der Waals surface area contributed by atoms with E-state index in [0.29, 0.717) is 12.8 Å². The number of carbonyl (C=O) groups is 3. The number of carboxylic acids is 1. The zero-order valence-electron chi connectivity index (χ0n) is 16.5. The molecule has 1 atom stereocenters. The van der Waals surface area contributed by atoms with E-state index in [-0.39, 0.29) is 17.5 Å². The summed E-state index contributed by atoms with van der Waals surface area (Å²) < 4.78 is 10.2. The van der Waals surface area contributed by atoms with Crippen molar-refractivity contribution in [2.24, 2.45) is 5.41 Å². The van der Waals surface area contributed by atoms with Crippen LogP contribution in [-0.4, -0.2) is 41.6 Å².